The van der Waals surface area contributed by atoms with Crippen LogP contribution in [-0.2, 0) is 33.4 Å². The van der Waals surface area contributed by atoms with Gasteiger partial charge in [-0.1, -0.05) is 6.42 Å². The molecule has 154 valence electrons. The number of Topliss-reactive ketones (excluding diaryl/α,β-unsaturated/α-hetero) is 1. The van der Waals surface area contributed by atoms with Gasteiger partial charge in [0.1, 0.15) is 5.78 Å². The highest BCUT2D eigenvalue weighted by Crippen LogP contribution is 2.66. The fourth-order valence-electron chi connectivity index (χ4n) is 8.22. The number of cyclic esters (lactones) is 4. The molecule has 0 amide bonds. The van der Waals surface area contributed by atoms with Crippen molar-refractivity contribution in [3.05, 3.63) is 0 Å². The molecule has 2 aliphatic heterocycles. The summed E-state index contributed by atoms with van der Waals surface area (Å²) in [4.78, 5) is 62.4. The summed E-state index contributed by atoms with van der Waals surface area (Å²) in [5.41, 5.74) is -0.550. The average molecular weight is 400 g/mol. The van der Waals surface area contributed by atoms with Crippen LogP contribution in [0.25, 0.3) is 0 Å². The first-order chi connectivity index (χ1) is 13.9. The van der Waals surface area contributed by atoms with Crippen LogP contribution < -0.4 is 0 Å². The zero-order valence-corrected chi connectivity index (χ0v) is 16.1. The molecule has 4 aliphatic carbocycles. The lowest BCUT2D eigenvalue weighted by molar-refractivity contribution is -0.157. The van der Waals surface area contributed by atoms with E-state index in [1.165, 1.54) is 0 Å². The third-order valence-corrected chi connectivity index (χ3v) is 9.22. The molecule has 29 heavy (non-hydrogen) atoms. The molecule has 7 nitrogen and oxygen atoms in total. The van der Waals surface area contributed by atoms with Crippen molar-refractivity contribution in [2.75, 3.05) is 0 Å². The van der Waals surface area contributed by atoms with Gasteiger partial charge in [-0.05, 0) is 62.2 Å². The van der Waals surface area contributed by atoms with Crippen molar-refractivity contribution < 1.29 is 33.4 Å². The standard InChI is InChI=1S/C22H24O7/c23-13-4-3-10-6-9(14-15(10)19(25)28-18(14)24)2-1-5-22(13)8-11-7-12(22)17-16(11)20(26)29-21(17)27/h9-12,14-17H,1-8H2. The molecular formula is C22H24O7. The quantitative estimate of drug-likeness (QED) is 0.451. The van der Waals surface area contributed by atoms with Gasteiger partial charge in [0, 0.05) is 11.8 Å². The Bertz CT molecular complexity index is 861. The number of carbonyl (C=O) groups is 5. The van der Waals surface area contributed by atoms with Crippen LogP contribution in [0.5, 0.6) is 0 Å². The van der Waals surface area contributed by atoms with Crippen LogP contribution in [0.2, 0.25) is 0 Å². The molecule has 0 aromatic heterocycles. The van der Waals surface area contributed by atoms with Gasteiger partial charge in [-0.2, -0.15) is 0 Å². The molecule has 7 heteroatoms. The number of ether oxygens (including phenoxy) is 2. The van der Waals surface area contributed by atoms with E-state index in [0.29, 0.717) is 25.7 Å². The van der Waals surface area contributed by atoms with Crippen molar-refractivity contribution in [2.45, 2.75) is 51.4 Å². The lowest BCUT2D eigenvalue weighted by atomic mass is 9.60. The normalized spacial score (nSPS) is 50.7. The highest BCUT2D eigenvalue weighted by molar-refractivity contribution is 5.99. The zero-order chi connectivity index (χ0) is 20.1. The van der Waals surface area contributed by atoms with Gasteiger partial charge >= 0.3 is 23.9 Å². The third-order valence-electron chi connectivity index (χ3n) is 9.22. The molecule has 6 aliphatic rings. The number of esters is 4. The minimum atomic E-state index is -0.550. The lowest BCUT2D eigenvalue weighted by Gasteiger charge is -2.40. The Labute approximate surface area is 167 Å². The van der Waals surface area contributed by atoms with Crippen LogP contribution in [0.1, 0.15) is 51.4 Å². The van der Waals surface area contributed by atoms with Crippen LogP contribution >= 0.6 is 0 Å². The highest BCUT2D eigenvalue weighted by atomic mass is 16.6. The summed E-state index contributed by atoms with van der Waals surface area (Å²) < 4.78 is 9.84. The number of rotatable bonds is 0. The lowest BCUT2D eigenvalue weighted by Crippen LogP contribution is -2.44. The fraction of sp³-hybridized carbons (Fsp3) is 0.773. The third kappa shape index (κ3) is 2.16. The van der Waals surface area contributed by atoms with E-state index >= 15 is 0 Å². The van der Waals surface area contributed by atoms with Gasteiger partial charge in [0.25, 0.3) is 0 Å². The molecule has 6 rings (SSSR count). The maximum atomic E-state index is 13.5. The van der Waals surface area contributed by atoms with Crippen LogP contribution in [0.4, 0.5) is 0 Å². The summed E-state index contributed by atoms with van der Waals surface area (Å²) in [6, 6.07) is 0. The molecule has 2 saturated heterocycles. The summed E-state index contributed by atoms with van der Waals surface area (Å²) >= 11 is 0. The number of fused-ring (bicyclic) bond motifs is 11. The fourth-order valence-corrected chi connectivity index (χ4v) is 8.22. The summed E-state index contributed by atoms with van der Waals surface area (Å²) in [7, 11) is 0. The molecule has 0 aromatic carbocycles. The average Bonchev–Trinajstić information content (AvgIpc) is 3.43. The van der Waals surface area contributed by atoms with Gasteiger partial charge in [-0.15, -0.1) is 0 Å². The first-order valence-corrected chi connectivity index (χ1v) is 10.9. The molecule has 0 aromatic rings. The summed E-state index contributed by atoms with van der Waals surface area (Å²) in [6.07, 6.45) is 5.48. The minimum absolute atomic E-state index is 0.0208. The summed E-state index contributed by atoms with van der Waals surface area (Å²) in [5, 5.41) is 0. The summed E-state index contributed by atoms with van der Waals surface area (Å²) in [5.74, 6) is -2.91. The van der Waals surface area contributed by atoms with Gasteiger partial charge in [0.05, 0.1) is 23.7 Å². The van der Waals surface area contributed by atoms with E-state index < -0.39 is 29.2 Å². The largest absolute Gasteiger partial charge is 0.393 e. The highest BCUT2D eigenvalue weighted by Gasteiger charge is 2.69. The molecule has 4 bridgehead atoms. The Hall–Kier alpha value is -2.05. The summed E-state index contributed by atoms with van der Waals surface area (Å²) in [6.45, 7) is 0. The van der Waals surface area contributed by atoms with E-state index in [-0.39, 0.29) is 53.2 Å². The van der Waals surface area contributed by atoms with Crippen molar-refractivity contribution in [3.63, 3.8) is 0 Å². The van der Waals surface area contributed by atoms with Crippen LogP contribution in [0.15, 0.2) is 0 Å². The number of carbonyl (C=O) groups excluding carboxylic acids is 5. The second kappa shape index (κ2) is 5.76. The molecule has 6 fully saturated rings. The first-order valence-electron chi connectivity index (χ1n) is 10.9. The van der Waals surface area contributed by atoms with Crippen molar-refractivity contribution in [1.29, 1.82) is 0 Å². The monoisotopic (exact) mass is 400 g/mol. The van der Waals surface area contributed by atoms with Crippen LogP contribution in [0, 0.1) is 52.8 Å². The number of hydrogen-bond acceptors (Lipinski definition) is 7. The molecule has 0 radical (unpaired) electrons. The maximum Gasteiger partial charge on any atom is 0.317 e. The maximum absolute atomic E-state index is 13.5. The Morgan fingerprint density at radius 2 is 1.28 bits per heavy atom. The van der Waals surface area contributed by atoms with E-state index in [0.717, 1.165) is 25.7 Å². The van der Waals surface area contributed by atoms with Gasteiger partial charge in [-0.25, -0.2) is 0 Å². The SMILES string of the molecule is O=C1OC(=O)C2C3CCC(=O)C4(CCCC(C3)C12)CC1CC4C2C(=O)OC(=O)C12. The zero-order valence-electron chi connectivity index (χ0n) is 16.1. The van der Waals surface area contributed by atoms with Gasteiger partial charge in [-0.3, -0.25) is 24.0 Å². The molecule has 9 atom stereocenters. The second-order valence-corrected chi connectivity index (χ2v) is 10.2. The van der Waals surface area contributed by atoms with Gasteiger partial charge in [0.2, 0.25) is 0 Å². The molecule has 4 saturated carbocycles. The Kier molecular flexibility index (Phi) is 3.53. The smallest absolute Gasteiger partial charge is 0.317 e. The molecular weight excluding hydrogens is 376 g/mol. The number of ketones is 1. The first kappa shape index (κ1) is 17.8. The van der Waals surface area contributed by atoms with Crippen molar-refractivity contribution in [3.8, 4) is 0 Å². The molecule has 2 heterocycles. The van der Waals surface area contributed by atoms with Crippen LogP contribution in [-0.4, -0.2) is 29.7 Å². The van der Waals surface area contributed by atoms with Crippen LogP contribution in [0.3, 0.4) is 0 Å². The van der Waals surface area contributed by atoms with E-state index in [2.05, 4.69) is 0 Å². The van der Waals surface area contributed by atoms with Crippen molar-refractivity contribution in [1.82, 2.24) is 0 Å². The van der Waals surface area contributed by atoms with E-state index in [4.69, 9.17) is 9.47 Å². The predicted molar refractivity (Wildman–Crippen MR) is 94.5 cm³/mol. The molecule has 0 N–H and O–H groups in total. The van der Waals surface area contributed by atoms with Crippen molar-refractivity contribution >= 4 is 29.7 Å². The van der Waals surface area contributed by atoms with E-state index in [9.17, 15) is 24.0 Å². The van der Waals surface area contributed by atoms with E-state index in [1.807, 2.05) is 0 Å². The molecule has 1 spiro atoms. The topological polar surface area (TPSA) is 104 Å². The Balaban J connectivity index is 1.30. The Morgan fingerprint density at radius 3 is 1.97 bits per heavy atom. The number of hydrogen-bond donors (Lipinski definition) is 0. The van der Waals surface area contributed by atoms with Crippen molar-refractivity contribution in [2.24, 2.45) is 52.8 Å². The van der Waals surface area contributed by atoms with Gasteiger partial charge in [0.15, 0.2) is 0 Å². The second-order valence-electron chi connectivity index (χ2n) is 10.2. The van der Waals surface area contributed by atoms with E-state index in [1.54, 1.807) is 0 Å². The molecule has 9 unspecified atom stereocenters. The van der Waals surface area contributed by atoms with Gasteiger partial charge < -0.3 is 9.47 Å². The Morgan fingerprint density at radius 1 is 0.690 bits per heavy atom. The predicted octanol–water partition coefficient (Wildman–Crippen LogP) is 1.81. The minimum Gasteiger partial charge on any atom is -0.393 e.